The second kappa shape index (κ2) is 8.16. The summed E-state index contributed by atoms with van der Waals surface area (Å²) >= 11 is 0. The van der Waals surface area contributed by atoms with Gasteiger partial charge in [0, 0.05) is 11.8 Å². The Bertz CT molecular complexity index is 1470. The number of nitriles is 1. The molecule has 12 nitrogen and oxygen atoms in total. The molecule has 0 radical (unpaired) electrons. The van der Waals surface area contributed by atoms with Gasteiger partial charge in [0.05, 0.1) is 30.9 Å². The molecule has 0 aliphatic heterocycles. The molecule has 0 spiro atoms. The van der Waals surface area contributed by atoms with Crippen molar-refractivity contribution in [2.24, 2.45) is 0 Å². The van der Waals surface area contributed by atoms with Gasteiger partial charge in [-0.3, -0.25) is 4.57 Å². The Kier molecular flexibility index (Phi) is 4.89. The van der Waals surface area contributed by atoms with E-state index in [1.165, 1.54) is 23.4 Å². The topological polar surface area (TPSA) is 151 Å². The average molecular weight is 440 g/mol. The number of nitrogens with one attached hydrogen (secondary N) is 2. The van der Waals surface area contributed by atoms with Crippen molar-refractivity contribution in [3.63, 3.8) is 0 Å². The van der Waals surface area contributed by atoms with Crippen LogP contribution in [-0.4, -0.2) is 46.6 Å². The third-order valence-corrected chi connectivity index (χ3v) is 4.76. The minimum atomic E-state index is 0.0677. The summed E-state index contributed by atoms with van der Waals surface area (Å²) in [5, 5.41) is 38.1. The molecule has 4 heterocycles. The van der Waals surface area contributed by atoms with Gasteiger partial charge in [0.1, 0.15) is 36.0 Å². The highest BCUT2D eigenvalue weighted by Crippen LogP contribution is 2.29. The zero-order valence-corrected chi connectivity index (χ0v) is 17.2. The van der Waals surface area contributed by atoms with Gasteiger partial charge in [0.15, 0.2) is 17.2 Å². The Morgan fingerprint density at radius 2 is 1.85 bits per heavy atom. The van der Waals surface area contributed by atoms with E-state index in [-0.39, 0.29) is 11.4 Å². The number of imidazole rings is 1. The van der Waals surface area contributed by atoms with Crippen molar-refractivity contribution in [2.45, 2.75) is 0 Å². The summed E-state index contributed by atoms with van der Waals surface area (Å²) in [6.45, 7) is 0. The zero-order valence-electron chi connectivity index (χ0n) is 17.2. The first-order valence-corrected chi connectivity index (χ1v) is 9.65. The number of nitrogens with zero attached hydrogens (tertiary/aromatic N) is 8. The standard InChI is InChI=1S/C21H16N10O2/c1-33-15-3-5-19(23-10-15)28-16-7-20(29-31-14(8-22)9-24-21(16)31)27-13-2-4-18(32)17(6-13)30-11-25-26-12-30/h2-7,9-12,32H,1H3,(H,23,28)(H,27,29). The number of fused-ring (bicyclic) bond motifs is 1. The Morgan fingerprint density at radius 3 is 2.58 bits per heavy atom. The van der Waals surface area contributed by atoms with Crippen molar-refractivity contribution in [3.05, 3.63) is 67.1 Å². The van der Waals surface area contributed by atoms with Gasteiger partial charge < -0.3 is 20.5 Å². The van der Waals surface area contributed by atoms with Gasteiger partial charge in [0.25, 0.3) is 0 Å². The van der Waals surface area contributed by atoms with Crippen LogP contribution in [0.4, 0.5) is 23.0 Å². The first-order valence-electron chi connectivity index (χ1n) is 9.65. The number of hydrogen-bond donors (Lipinski definition) is 3. The van der Waals surface area contributed by atoms with Crippen molar-refractivity contribution in [2.75, 3.05) is 17.7 Å². The summed E-state index contributed by atoms with van der Waals surface area (Å²) in [7, 11) is 1.57. The fraction of sp³-hybridized carbons (Fsp3) is 0.0476. The first kappa shape index (κ1) is 19.8. The fourth-order valence-electron chi connectivity index (χ4n) is 3.19. The third-order valence-electron chi connectivity index (χ3n) is 4.76. The first-order chi connectivity index (χ1) is 16.1. The monoisotopic (exact) mass is 440 g/mol. The minimum Gasteiger partial charge on any atom is -0.506 e. The second-order valence-corrected chi connectivity index (χ2v) is 6.84. The lowest BCUT2D eigenvalue weighted by molar-refractivity contribution is 0.413. The molecule has 0 saturated carbocycles. The molecule has 5 rings (SSSR count). The number of aromatic nitrogens is 7. The smallest absolute Gasteiger partial charge is 0.179 e. The molecule has 4 aromatic heterocycles. The molecule has 3 N–H and O–H groups in total. The molecule has 12 heteroatoms. The number of benzene rings is 1. The molecule has 0 fully saturated rings. The highest BCUT2D eigenvalue weighted by molar-refractivity contribution is 5.77. The summed E-state index contributed by atoms with van der Waals surface area (Å²) < 4.78 is 8.17. The highest BCUT2D eigenvalue weighted by atomic mass is 16.5. The maximum atomic E-state index is 10.2. The number of ether oxygens (including phenoxy) is 1. The summed E-state index contributed by atoms with van der Waals surface area (Å²) in [6, 6.07) is 12.4. The number of anilines is 4. The number of phenolic OH excluding ortho intramolecular Hbond substituents is 1. The van der Waals surface area contributed by atoms with Gasteiger partial charge in [-0.25, -0.2) is 9.97 Å². The molecule has 5 aromatic rings. The largest absolute Gasteiger partial charge is 0.506 e. The summed E-state index contributed by atoms with van der Waals surface area (Å²) in [5.41, 5.74) is 2.47. The number of hydrogen-bond acceptors (Lipinski definition) is 10. The summed E-state index contributed by atoms with van der Waals surface area (Å²) in [4.78, 5) is 8.63. The van der Waals surface area contributed by atoms with Gasteiger partial charge in [-0.2, -0.15) is 9.78 Å². The van der Waals surface area contributed by atoms with Gasteiger partial charge in [-0.15, -0.1) is 15.3 Å². The molecule has 0 atom stereocenters. The maximum absolute atomic E-state index is 10.2. The molecular formula is C21H16N10O2. The molecule has 162 valence electrons. The van der Waals surface area contributed by atoms with E-state index in [2.05, 4.69) is 42.0 Å². The molecule has 0 aliphatic rings. The van der Waals surface area contributed by atoms with Gasteiger partial charge in [-0.05, 0) is 30.3 Å². The van der Waals surface area contributed by atoms with Crippen molar-refractivity contribution >= 4 is 28.7 Å². The fourth-order valence-corrected chi connectivity index (χ4v) is 3.19. The Hall–Kier alpha value is -5.18. The minimum absolute atomic E-state index is 0.0677. The van der Waals surface area contributed by atoms with E-state index in [0.717, 1.165) is 0 Å². The van der Waals surface area contributed by atoms with E-state index in [4.69, 9.17) is 4.74 Å². The van der Waals surface area contributed by atoms with E-state index in [1.54, 1.807) is 54.3 Å². The van der Waals surface area contributed by atoms with Crippen LogP contribution in [0.2, 0.25) is 0 Å². The Balaban J connectivity index is 1.53. The lowest BCUT2D eigenvalue weighted by atomic mass is 10.2. The Labute approximate surface area is 186 Å². The maximum Gasteiger partial charge on any atom is 0.179 e. The average Bonchev–Trinajstić information content (AvgIpc) is 3.51. The second-order valence-electron chi connectivity index (χ2n) is 6.84. The van der Waals surface area contributed by atoms with Crippen molar-refractivity contribution in [1.29, 1.82) is 5.26 Å². The van der Waals surface area contributed by atoms with Crippen LogP contribution in [0, 0.1) is 11.3 Å². The van der Waals surface area contributed by atoms with Crippen LogP contribution in [0.15, 0.2) is 61.4 Å². The van der Waals surface area contributed by atoms with Crippen molar-refractivity contribution in [3.8, 4) is 23.3 Å². The number of phenols is 1. The lowest BCUT2D eigenvalue weighted by Crippen LogP contribution is -2.05. The molecule has 0 aliphatic carbocycles. The third kappa shape index (κ3) is 3.81. The summed E-state index contributed by atoms with van der Waals surface area (Å²) in [6.07, 6.45) is 6.01. The number of pyridine rings is 1. The zero-order chi connectivity index (χ0) is 22.8. The van der Waals surface area contributed by atoms with Crippen molar-refractivity contribution < 1.29 is 9.84 Å². The van der Waals surface area contributed by atoms with Crippen LogP contribution in [0.5, 0.6) is 11.5 Å². The molecule has 0 unspecified atom stereocenters. The summed E-state index contributed by atoms with van der Waals surface area (Å²) in [5.74, 6) is 1.70. The molecule has 1 aromatic carbocycles. The Morgan fingerprint density at radius 1 is 1.00 bits per heavy atom. The van der Waals surface area contributed by atoms with Crippen LogP contribution in [0.25, 0.3) is 11.3 Å². The molecule has 0 saturated heterocycles. The van der Waals surface area contributed by atoms with Crippen molar-refractivity contribution in [1.82, 2.24) is 34.3 Å². The quantitative estimate of drug-likeness (QED) is 0.336. The van der Waals surface area contributed by atoms with Gasteiger partial charge >= 0.3 is 0 Å². The normalized spacial score (nSPS) is 10.7. The van der Waals surface area contributed by atoms with Crippen LogP contribution in [0.3, 0.4) is 0 Å². The lowest BCUT2D eigenvalue weighted by Gasteiger charge is -2.13. The highest BCUT2D eigenvalue weighted by Gasteiger charge is 2.13. The molecule has 0 bridgehead atoms. The van der Waals surface area contributed by atoms with Crippen LogP contribution < -0.4 is 15.4 Å². The predicted octanol–water partition coefficient (Wildman–Crippen LogP) is 2.78. The predicted molar refractivity (Wildman–Crippen MR) is 118 cm³/mol. The molecular weight excluding hydrogens is 424 g/mol. The number of aromatic hydroxyl groups is 1. The van der Waals surface area contributed by atoms with E-state index >= 15 is 0 Å². The molecule has 33 heavy (non-hydrogen) atoms. The number of methoxy groups -OCH3 is 1. The van der Waals surface area contributed by atoms with Crippen LogP contribution >= 0.6 is 0 Å². The number of rotatable bonds is 6. The SMILES string of the molecule is COc1ccc(Nc2cc(Nc3ccc(O)c(-n4cnnc4)c3)nn3c(C#N)cnc23)nc1. The van der Waals surface area contributed by atoms with Crippen LogP contribution in [0.1, 0.15) is 5.69 Å². The van der Waals surface area contributed by atoms with Gasteiger partial charge in [0.2, 0.25) is 0 Å². The van der Waals surface area contributed by atoms with E-state index < -0.39 is 0 Å². The molecule has 0 amide bonds. The van der Waals surface area contributed by atoms with Gasteiger partial charge in [-0.1, -0.05) is 0 Å². The van der Waals surface area contributed by atoms with E-state index in [1.807, 2.05) is 0 Å². The van der Waals surface area contributed by atoms with Crippen LogP contribution in [-0.2, 0) is 0 Å². The van der Waals surface area contributed by atoms with E-state index in [9.17, 15) is 10.4 Å². The van der Waals surface area contributed by atoms with E-state index in [0.29, 0.717) is 40.1 Å².